The maximum Gasteiger partial charge on any atom is 0.0490 e. The molecule has 1 aromatic carbocycles. The molecule has 2 unspecified atom stereocenters. The molecule has 0 heterocycles. The van der Waals surface area contributed by atoms with Crippen LogP contribution in [0.2, 0.25) is 0 Å². The molecule has 16 heavy (non-hydrogen) atoms. The first-order valence-corrected chi connectivity index (χ1v) is 7.38. The maximum atomic E-state index is 5.21. The van der Waals surface area contributed by atoms with Gasteiger partial charge in [0.25, 0.3) is 0 Å². The Kier molecular flexibility index (Phi) is 6.62. The molecule has 3 heteroatoms. The summed E-state index contributed by atoms with van der Waals surface area (Å²) < 4.78 is 6.35. The lowest BCUT2D eigenvalue weighted by atomic mass is 9.90. The predicted molar refractivity (Wildman–Crippen MR) is 76.2 cm³/mol. The number of ether oxygens (including phenoxy) is 1. The van der Waals surface area contributed by atoms with Crippen LogP contribution in [0, 0.1) is 11.8 Å². The van der Waals surface area contributed by atoms with Crippen molar-refractivity contribution in [2.24, 2.45) is 11.8 Å². The Morgan fingerprint density at radius 1 is 1.25 bits per heavy atom. The molecule has 1 aromatic rings. The van der Waals surface area contributed by atoms with E-state index in [-0.39, 0.29) is 0 Å². The van der Waals surface area contributed by atoms with Gasteiger partial charge in [0.05, 0.1) is 0 Å². The van der Waals surface area contributed by atoms with E-state index in [4.69, 9.17) is 4.74 Å². The van der Waals surface area contributed by atoms with E-state index in [0.29, 0.717) is 11.8 Å². The van der Waals surface area contributed by atoms with Gasteiger partial charge in [-0.25, -0.2) is 0 Å². The molecular weight excluding hydrogens is 332 g/mol. The smallest absolute Gasteiger partial charge is 0.0490 e. The Hall–Kier alpha value is 0.140. The average molecular weight is 350 g/mol. The normalized spacial score (nSPS) is 14.8. The standard InChI is InChI=1S/C13H18Br2O/c1-10(9-16-2)12(8-14)7-11-3-5-13(15)6-4-11/h3-6,10,12H,7-9H2,1-2H3. The summed E-state index contributed by atoms with van der Waals surface area (Å²) in [7, 11) is 1.77. The molecule has 0 aliphatic rings. The zero-order chi connectivity index (χ0) is 12.0. The maximum absolute atomic E-state index is 5.21. The molecule has 0 radical (unpaired) electrons. The highest BCUT2D eigenvalue weighted by atomic mass is 79.9. The van der Waals surface area contributed by atoms with Crippen LogP contribution in [-0.4, -0.2) is 19.0 Å². The van der Waals surface area contributed by atoms with Crippen molar-refractivity contribution in [2.75, 3.05) is 19.0 Å². The van der Waals surface area contributed by atoms with Crippen LogP contribution in [0.3, 0.4) is 0 Å². The summed E-state index contributed by atoms with van der Waals surface area (Å²) in [5.41, 5.74) is 1.38. The fraction of sp³-hybridized carbons (Fsp3) is 0.538. The van der Waals surface area contributed by atoms with Crippen LogP contribution in [0.15, 0.2) is 28.7 Å². The molecule has 0 N–H and O–H groups in total. The molecular formula is C13H18Br2O. The van der Waals surface area contributed by atoms with E-state index in [9.17, 15) is 0 Å². The minimum absolute atomic E-state index is 0.577. The highest BCUT2D eigenvalue weighted by Gasteiger charge is 2.16. The van der Waals surface area contributed by atoms with Crippen molar-refractivity contribution in [3.05, 3.63) is 34.3 Å². The first-order chi connectivity index (χ1) is 7.67. The molecule has 0 amide bonds. The third kappa shape index (κ3) is 4.56. The first-order valence-electron chi connectivity index (χ1n) is 5.46. The Morgan fingerprint density at radius 2 is 1.88 bits per heavy atom. The van der Waals surface area contributed by atoms with Crippen molar-refractivity contribution in [3.8, 4) is 0 Å². The van der Waals surface area contributed by atoms with E-state index in [0.717, 1.165) is 22.8 Å². The third-order valence-electron chi connectivity index (χ3n) is 2.84. The van der Waals surface area contributed by atoms with E-state index >= 15 is 0 Å². The second-order valence-electron chi connectivity index (χ2n) is 4.18. The lowest BCUT2D eigenvalue weighted by Crippen LogP contribution is -2.20. The molecule has 0 aromatic heterocycles. The lowest BCUT2D eigenvalue weighted by molar-refractivity contribution is 0.135. The quantitative estimate of drug-likeness (QED) is 0.696. The van der Waals surface area contributed by atoms with Gasteiger partial charge >= 0.3 is 0 Å². The van der Waals surface area contributed by atoms with Gasteiger partial charge in [0, 0.05) is 23.5 Å². The van der Waals surface area contributed by atoms with Crippen molar-refractivity contribution in [1.29, 1.82) is 0 Å². The van der Waals surface area contributed by atoms with E-state index in [2.05, 4.69) is 63.0 Å². The van der Waals surface area contributed by atoms with Crippen molar-refractivity contribution >= 4 is 31.9 Å². The van der Waals surface area contributed by atoms with E-state index in [1.807, 2.05) is 0 Å². The van der Waals surface area contributed by atoms with Gasteiger partial charge in [0.1, 0.15) is 0 Å². The van der Waals surface area contributed by atoms with E-state index < -0.39 is 0 Å². The minimum Gasteiger partial charge on any atom is -0.384 e. The van der Waals surface area contributed by atoms with Crippen LogP contribution in [0.1, 0.15) is 12.5 Å². The molecule has 0 saturated carbocycles. The SMILES string of the molecule is COCC(C)C(CBr)Cc1ccc(Br)cc1. The second kappa shape index (κ2) is 7.46. The van der Waals surface area contributed by atoms with Gasteiger partial charge in [-0.2, -0.15) is 0 Å². The molecule has 0 spiro atoms. The van der Waals surface area contributed by atoms with Crippen LogP contribution in [0.5, 0.6) is 0 Å². The summed E-state index contributed by atoms with van der Waals surface area (Å²) in [6, 6.07) is 8.56. The number of rotatable bonds is 6. The molecule has 0 aliphatic heterocycles. The van der Waals surface area contributed by atoms with Gasteiger partial charge in [-0.05, 0) is 36.0 Å². The number of halogens is 2. The highest BCUT2D eigenvalue weighted by Crippen LogP contribution is 2.21. The van der Waals surface area contributed by atoms with Gasteiger partial charge in [0.2, 0.25) is 0 Å². The molecule has 1 nitrogen and oxygen atoms in total. The van der Waals surface area contributed by atoms with E-state index in [1.54, 1.807) is 7.11 Å². The Labute approximate surface area is 115 Å². The number of methoxy groups -OCH3 is 1. The fourth-order valence-electron chi connectivity index (χ4n) is 1.73. The average Bonchev–Trinajstić information content (AvgIpc) is 2.28. The minimum atomic E-state index is 0.577. The van der Waals surface area contributed by atoms with Crippen molar-refractivity contribution in [3.63, 3.8) is 0 Å². The number of hydrogen-bond donors (Lipinski definition) is 0. The third-order valence-corrected chi connectivity index (χ3v) is 4.20. The summed E-state index contributed by atoms with van der Waals surface area (Å²) in [5.74, 6) is 1.20. The van der Waals surface area contributed by atoms with Gasteiger partial charge < -0.3 is 4.74 Å². The molecule has 90 valence electrons. The van der Waals surface area contributed by atoms with Gasteiger partial charge in [-0.15, -0.1) is 0 Å². The molecule has 2 atom stereocenters. The van der Waals surface area contributed by atoms with Crippen LogP contribution < -0.4 is 0 Å². The number of benzene rings is 1. The first kappa shape index (κ1) is 14.2. The Morgan fingerprint density at radius 3 is 2.38 bits per heavy atom. The Bertz CT molecular complexity index is 297. The van der Waals surface area contributed by atoms with Gasteiger partial charge in [-0.1, -0.05) is 50.9 Å². The zero-order valence-corrected chi connectivity index (χ0v) is 12.9. The lowest BCUT2D eigenvalue weighted by Gasteiger charge is -2.21. The predicted octanol–water partition coefficient (Wildman–Crippen LogP) is 4.29. The van der Waals surface area contributed by atoms with Crippen LogP contribution >= 0.6 is 31.9 Å². The molecule has 0 fully saturated rings. The molecule has 0 bridgehead atoms. The largest absolute Gasteiger partial charge is 0.384 e. The number of alkyl halides is 1. The number of hydrogen-bond acceptors (Lipinski definition) is 1. The summed E-state index contributed by atoms with van der Waals surface area (Å²) in [4.78, 5) is 0. The summed E-state index contributed by atoms with van der Waals surface area (Å²) in [6.07, 6.45) is 1.10. The van der Waals surface area contributed by atoms with Gasteiger partial charge in [0.15, 0.2) is 0 Å². The second-order valence-corrected chi connectivity index (χ2v) is 5.74. The topological polar surface area (TPSA) is 9.23 Å². The van der Waals surface area contributed by atoms with Crippen molar-refractivity contribution in [2.45, 2.75) is 13.3 Å². The molecule has 1 rings (SSSR count). The van der Waals surface area contributed by atoms with Crippen LogP contribution in [0.25, 0.3) is 0 Å². The monoisotopic (exact) mass is 348 g/mol. The van der Waals surface area contributed by atoms with Crippen LogP contribution in [0.4, 0.5) is 0 Å². The fourth-order valence-corrected chi connectivity index (χ4v) is 2.86. The zero-order valence-electron chi connectivity index (χ0n) is 9.75. The Balaban J connectivity index is 2.59. The van der Waals surface area contributed by atoms with Crippen molar-refractivity contribution < 1.29 is 4.74 Å². The van der Waals surface area contributed by atoms with Crippen molar-refractivity contribution in [1.82, 2.24) is 0 Å². The molecule has 0 saturated heterocycles. The summed E-state index contributed by atoms with van der Waals surface area (Å²) in [6.45, 7) is 3.07. The van der Waals surface area contributed by atoms with Gasteiger partial charge in [-0.3, -0.25) is 0 Å². The summed E-state index contributed by atoms with van der Waals surface area (Å²) >= 11 is 7.05. The summed E-state index contributed by atoms with van der Waals surface area (Å²) in [5, 5.41) is 1.02. The van der Waals surface area contributed by atoms with E-state index in [1.165, 1.54) is 5.56 Å². The highest BCUT2D eigenvalue weighted by molar-refractivity contribution is 9.10. The molecule has 0 aliphatic carbocycles. The van der Waals surface area contributed by atoms with Crippen LogP contribution in [-0.2, 0) is 11.2 Å².